The van der Waals surface area contributed by atoms with Gasteiger partial charge in [-0.1, -0.05) is 23.7 Å². The van der Waals surface area contributed by atoms with E-state index in [9.17, 15) is 4.79 Å². The Morgan fingerprint density at radius 3 is 2.57 bits per heavy atom. The summed E-state index contributed by atoms with van der Waals surface area (Å²) < 4.78 is 5.07. The number of nitrogens with two attached hydrogens (primary N) is 1. The number of ether oxygens (including phenoxy) is 1. The Bertz CT molecular complexity index is 627. The van der Waals surface area contributed by atoms with Crippen molar-refractivity contribution in [2.45, 2.75) is 12.8 Å². The largest absolute Gasteiger partial charge is 0.495 e. The SMILES string of the molecule is COc1ccc(NC(=O)CCc2ccc(N)cc2)cc1Cl. The molecule has 0 atom stereocenters. The number of carbonyl (C=O) groups is 1. The molecule has 4 nitrogen and oxygen atoms in total. The van der Waals surface area contributed by atoms with Crippen LogP contribution in [0.5, 0.6) is 5.75 Å². The summed E-state index contributed by atoms with van der Waals surface area (Å²) in [6.07, 6.45) is 1.06. The van der Waals surface area contributed by atoms with Crippen LogP contribution in [0.25, 0.3) is 0 Å². The maximum absolute atomic E-state index is 11.9. The highest BCUT2D eigenvalue weighted by Gasteiger charge is 2.06. The third-order valence-electron chi connectivity index (χ3n) is 3.06. The average molecular weight is 305 g/mol. The average Bonchev–Trinajstić information content (AvgIpc) is 2.47. The fourth-order valence-corrected chi connectivity index (χ4v) is 2.17. The van der Waals surface area contributed by atoms with Crippen LogP contribution in [0.1, 0.15) is 12.0 Å². The van der Waals surface area contributed by atoms with Crippen LogP contribution < -0.4 is 15.8 Å². The predicted octanol–water partition coefficient (Wildman–Crippen LogP) is 3.50. The molecule has 0 aliphatic rings. The molecule has 0 spiro atoms. The molecule has 0 radical (unpaired) electrons. The highest BCUT2D eigenvalue weighted by molar-refractivity contribution is 6.32. The molecule has 1 amide bonds. The number of benzene rings is 2. The first-order chi connectivity index (χ1) is 10.1. The Hall–Kier alpha value is -2.20. The van der Waals surface area contributed by atoms with E-state index < -0.39 is 0 Å². The van der Waals surface area contributed by atoms with Crippen molar-refractivity contribution in [1.29, 1.82) is 0 Å². The van der Waals surface area contributed by atoms with Crippen molar-refractivity contribution in [2.75, 3.05) is 18.2 Å². The fraction of sp³-hybridized carbons (Fsp3) is 0.188. The normalized spacial score (nSPS) is 10.2. The first-order valence-electron chi connectivity index (χ1n) is 6.56. The fourth-order valence-electron chi connectivity index (χ4n) is 1.91. The van der Waals surface area contributed by atoms with Crippen LogP contribution in [0.3, 0.4) is 0 Å². The number of hydrogen-bond acceptors (Lipinski definition) is 3. The lowest BCUT2D eigenvalue weighted by molar-refractivity contribution is -0.116. The van der Waals surface area contributed by atoms with Gasteiger partial charge in [-0.05, 0) is 42.3 Å². The number of halogens is 1. The number of rotatable bonds is 5. The lowest BCUT2D eigenvalue weighted by Crippen LogP contribution is -2.12. The van der Waals surface area contributed by atoms with Crippen molar-refractivity contribution in [2.24, 2.45) is 0 Å². The Morgan fingerprint density at radius 2 is 1.95 bits per heavy atom. The second kappa shape index (κ2) is 6.99. The topological polar surface area (TPSA) is 64.3 Å². The van der Waals surface area contributed by atoms with E-state index in [0.29, 0.717) is 29.3 Å². The minimum atomic E-state index is -0.0620. The molecule has 2 rings (SSSR count). The second-order valence-corrected chi connectivity index (χ2v) is 5.05. The molecule has 0 bridgehead atoms. The van der Waals surface area contributed by atoms with E-state index in [2.05, 4.69) is 5.32 Å². The summed E-state index contributed by atoms with van der Waals surface area (Å²) >= 11 is 6.01. The minimum absolute atomic E-state index is 0.0620. The third kappa shape index (κ3) is 4.39. The van der Waals surface area contributed by atoms with Gasteiger partial charge in [0.05, 0.1) is 12.1 Å². The van der Waals surface area contributed by atoms with Crippen LogP contribution in [0.4, 0.5) is 11.4 Å². The van der Waals surface area contributed by atoms with Crippen LogP contribution >= 0.6 is 11.6 Å². The van der Waals surface area contributed by atoms with E-state index >= 15 is 0 Å². The van der Waals surface area contributed by atoms with Gasteiger partial charge in [0.25, 0.3) is 0 Å². The zero-order chi connectivity index (χ0) is 15.2. The predicted molar refractivity (Wildman–Crippen MR) is 85.8 cm³/mol. The molecule has 21 heavy (non-hydrogen) atoms. The van der Waals surface area contributed by atoms with Gasteiger partial charge in [0.1, 0.15) is 5.75 Å². The lowest BCUT2D eigenvalue weighted by atomic mass is 10.1. The molecule has 3 N–H and O–H groups in total. The van der Waals surface area contributed by atoms with Crippen LogP contribution in [0, 0.1) is 0 Å². The Labute approximate surface area is 128 Å². The molecule has 0 fully saturated rings. The zero-order valence-electron chi connectivity index (χ0n) is 11.7. The standard InChI is InChI=1S/C16H17ClN2O2/c1-21-15-8-7-13(10-14(15)17)19-16(20)9-4-11-2-5-12(18)6-3-11/h2-3,5-8,10H,4,9,18H2,1H3,(H,19,20). The Morgan fingerprint density at radius 1 is 1.24 bits per heavy atom. The first kappa shape index (κ1) is 15.2. The Balaban J connectivity index is 1.89. The summed E-state index contributed by atoms with van der Waals surface area (Å²) in [5.74, 6) is 0.518. The molecule has 0 aromatic heterocycles. The van der Waals surface area contributed by atoms with Crippen molar-refractivity contribution in [1.82, 2.24) is 0 Å². The van der Waals surface area contributed by atoms with Crippen LogP contribution in [-0.4, -0.2) is 13.0 Å². The number of hydrogen-bond donors (Lipinski definition) is 2. The van der Waals surface area contributed by atoms with E-state index in [1.54, 1.807) is 25.3 Å². The van der Waals surface area contributed by atoms with Gasteiger partial charge in [-0.15, -0.1) is 0 Å². The molecule has 2 aromatic rings. The summed E-state index contributed by atoms with van der Waals surface area (Å²) in [7, 11) is 1.55. The molecular weight excluding hydrogens is 288 g/mol. The van der Waals surface area contributed by atoms with E-state index in [1.165, 1.54) is 0 Å². The molecule has 0 saturated heterocycles. The highest BCUT2D eigenvalue weighted by atomic mass is 35.5. The molecule has 0 unspecified atom stereocenters. The van der Waals surface area contributed by atoms with Crippen molar-refractivity contribution in [3.05, 3.63) is 53.1 Å². The zero-order valence-corrected chi connectivity index (χ0v) is 12.5. The first-order valence-corrected chi connectivity index (χ1v) is 6.94. The van der Waals surface area contributed by atoms with E-state index in [4.69, 9.17) is 22.1 Å². The number of methoxy groups -OCH3 is 1. The molecule has 0 saturated carbocycles. The van der Waals surface area contributed by atoms with Crippen LogP contribution in [0.2, 0.25) is 5.02 Å². The highest BCUT2D eigenvalue weighted by Crippen LogP contribution is 2.27. The molecule has 0 aliphatic carbocycles. The summed E-state index contributed by atoms with van der Waals surface area (Å²) in [6, 6.07) is 12.7. The van der Waals surface area contributed by atoms with Crippen molar-refractivity contribution in [3.63, 3.8) is 0 Å². The number of anilines is 2. The number of amides is 1. The van der Waals surface area contributed by atoms with E-state index in [-0.39, 0.29) is 5.91 Å². The monoisotopic (exact) mass is 304 g/mol. The Kier molecular flexibility index (Phi) is 5.06. The number of nitrogens with one attached hydrogen (secondary N) is 1. The summed E-state index contributed by atoms with van der Waals surface area (Å²) in [5, 5.41) is 3.28. The minimum Gasteiger partial charge on any atom is -0.495 e. The number of aryl methyl sites for hydroxylation is 1. The third-order valence-corrected chi connectivity index (χ3v) is 3.35. The van der Waals surface area contributed by atoms with Gasteiger partial charge in [-0.25, -0.2) is 0 Å². The quantitative estimate of drug-likeness (QED) is 0.831. The maximum Gasteiger partial charge on any atom is 0.224 e. The van der Waals surface area contributed by atoms with Crippen LogP contribution in [-0.2, 0) is 11.2 Å². The molecule has 2 aromatic carbocycles. The molecule has 0 aliphatic heterocycles. The number of carbonyl (C=O) groups excluding carboxylic acids is 1. The molecule has 110 valence electrons. The molecular formula is C16H17ClN2O2. The smallest absolute Gasteiger partial charge is 0.224 e. The summed E-state index contributed by atoms with van der Waals surface area (Å²) in [6.45, 7) is 0. The van der Waals surface area contributed by atoms with Crippen molar-refractivity contribution < 1.29 is 9.53 Å². The van der Waals surface area contributed by atoms with Gasteiger partial charge in [-0.2, -0.15) is 0 Å². The maximum atomic E-state index is 11.9. The second-order valence-electron chi connectivity index (χ2n) is 4.64. The van der Waals surface area contributed by atoms with Crippen molar-refractivity contribution in [3.8, 4) is 5.75 Å². The van der Waals surface area contributed by atoms with Crippen LogP contribution in [0.15, 0.2) is 42.5 Å². The van der Waals surface area contributed by atoms with Gasteiger partial charge < -0.3 is 15.8 Å². The van der Waals surface area contributed by atoms with Gasteiger partial charge in [0.2, 0.25) is 5.91 Å². The summed E-state index contributed by atoms with van der Waals surface area (Å²) in [5.41, 5.74) is 8.07. The van der Waals surface area contributed by atoms with Gasteiger partial charge >= 0.3 is 0 Å². The molecule has 0 heterocycles. The summed E-state index contributed by atoms with van der Waals surface area (Å²) in [4.78, 5) is 11.9. The van der Waals surface area contributed by atoms with E-state index in [0.717, 1.165) is 11.3 Å². The molecule has 5 heteroatoms. The van der Waals surface area contributed by atoms with Crippen molar-refractivity contribution >= 4 is 28.9 Å². The van der Waals surface area contributed by atoms with Gasteiger partial charge in [0, 0.05) is 17.8 Å². The lowest BCUT2D eigenvalue weighted by Gasteiger charge is -2.08. The van der Waals surface area contributed by atoms with E-state index in [1.807, 2.05) is 24.3 Å². The van der Waals surface area contributed by atoms with Gasteiger partial charge in [0.15, 0.2) is 0 Å². The number of nitrogen functional groups attached to an aromatic ring is 1. The van der Waals surface area contributed by atoms with Gasteiger partial charge in [-0.3, -0.25) is 4.79 Å².